The van der Waals surface area contributed by atoms with Crippen molar-refractivity contribution in [2.24, 2.45) is 5.92 Å². The molecule has 19 heavy (non-hydrogen) atoms. The van der Waals surface area contributed by atoms with Gasteiger partial charge < -0.3 is 0 Å². The number of hydrogen-bond donors (Lipinski definition) is 0. The summed E-state index contributed by atoms with van der Waals surface area (Å²) in [5, 5.41) is 0. The van der Waals surface area contributed by atoms with Crippen molar-refractivity contribution in [3.63, 3.8) is 0 Å². The van der Waals surface area contributed by atoms with Crippen molar-refractivity contribution < 1.29 is 0 Å². The summed E-state index contributed by atoms with van der Waals surface area (Å²) in [5.74, 6) is 0.866. The molecule has 2 atom stereocenters. The van der Waals surface area contributed by atoms with Crippen molar-refractivity contribution in [2.45, 2.75) is 50.0 Å². The van der Waals surface area contributed by atoms with Crippen molar-refractivity contribution in [1.82, 2.24) is 0 Å². The van der Waals surface area contributed by atoms with E-state index in [1.807, 2.05) is 0 Å². The number of benzene rings is 1. The monoisotopic (exact) mass is 270 g/mol. The van der Waals surface area contributed by atoms with Crippen molar-refractivity contribution >= 4 is 36.2 Å². The van der Waals surface area contributed by atoms with Gasteiger partial charge in [0, 0.05) is 0 Å². The molecule has 0 aliphatic heterocycles. The fourth-order valence-electron chi connectivity index (χ4n) is 3.25. The molecule has 0 radical (unpaired) electrons. The SMILES string of the molecule is Cl.[Li][C]1(CC(CC)CCCC)C=Cc2ccccc21. The average Bonchev–Trinajstić information content (AvgIpc) is 2.73. The summed E-state index contributed by atoms with van der Waals surface area (Å²) in [5.41, 5.74) is 2.95. The zero-order valence-corrected chi connectivity index (χ0v) is 13.3. The first-order valence-corrected chi connectivity index (χ1v) is 7.48. The molecular weight excluding hydrogens is 247 g/mol. The summed E-state index contributed by atoms with van der Waals surface area (Å²) in [4.78, 5) is 0. The fourth-order valence-corrected chi connectivity index (χ4v) is 3.25. The van der Waals surface area contributed by atoms with Crippen LogP contribution < -0.4 is 0 Å². The Morgan fingerprint density at radius 1 is 1.21 bits per heavy atom. The van der Waals surface area contributed by atoms with Crippen LogP contribution >= 0.6 is 12.4 Å². The normalized spacial score (nSPS) is 21.9. The number of hydrogen-bond acceptors (Lipinski definition) is 0. The molecule has 0 bridgehead atoms. The van der Waals surface area contributed by atoms with Crippen molar-refractivity contribution in [1.29, 1.82) is 0 Å². The Morgan fingerprint density at radius 3 is 2.63 bits per heavy atom. The van der Waals surface area contributed by atoms with Crippen LogP contribution in [0, 0.1) is 5.92 Å². The van der Waals surface area contributed by atoms with Gasteiger partial charge in [0.1, 0.15) is 0 Å². The third-order valence-electron chi connectivity index (χ3n) is 4.46. The quantitative estimate of drug-likeness (QED) is 0.631. The second kappa shape index (κ2) is 7.58. The van der Waals surface area contributed by atoms with Crippen LogP contribution in [0.15, 0.2) is 30.3 Å². The molecule has 0 amide bonds. The van der Waals surface area contributed by atoms with E-state index in [-0.39, 0.29) is 16.5 Å². The van der Waals surface area contributed by atoms with Crippen LogP contribution in [0.1, 0.15) is 57.1 Å². The Balaban J connectivity index is 0.00000180. The molecule has 0 heterocycles. The Kier molecular flexibility index (Phi) is 6.74. The molecule has 100 valence electrons. The fraction of sp³-hybridized carbons (Fsp3) is 0.529. The van der Waals surface area contributed by atoms with Crippen molar-refractivity contribution in [3.05, 3.63) is 41.5 Å². The molecule has 0 fully saturated rings. The van der Waals surface area contributed by atoms with Gasteiger partial charge in [-0.15, -0.1) is 12.4 Å². The van der Waals surface area contributed by atoms with E-state index in [4.69, 9.17) is 0 Å². The van der Waals surface area contributed by atoms with E-state index in [0.717, 1.165) is 5.92 Å². The van der Waals surface area contributed by atoms with Crippen LogP contribution in [0.2, 0.25) is 0 Å². The van der Waals surface area contributed by atoms with Gasteiger partial charge in [-0.25, -0.2) is 0 Å². The van der Waals surface area contributed by atoms with Crippen molar-refractivity contribution in [2.75, 3.05) is 0 Å². The van der Waals surface area contributed by atoms with E-state index in [1.165, 1.54) is 43.2 Å². The second-order valence-corrected chi connectivity index (χ2v) is 5.96. The summed E-state index contributed by atoms with van der Waals surface area (Å²) < 4.78 is 0.269. The standard InChI is InChI=1S/C17H23.ClH.Li/c1-3-5-8-14(4-2)13-16-12-11-15-9-6-7-10-17(15)16;;/h6-7,9-12,14H,3-5,8,13H2,1-2H3;1H;. The van der Waals surface area contributed by atoms with Gasteiger partial charge in [0.25, 0.3) is 0 Å². The summed E-state index contributed by atoms with van der Waals surface area (Å²) in [6.07, 6.45) is 11.4. The second-order valence-electron chi connectivity index (χ2n) is 5.96. The summed E-state index contributed by atoms with van der Waals surface area (Å²) >= 11 is 2.41. The van der Waals surface area contributed by atoms with E-state index in [0.29, 0.717) is 0 Å². The van der Waals surface area contributed by atoms with Crippen molar-refractivity contribution in [3.8, 4) is 0 Å². The molecule has 1 aromatic carbocycles. The molecule has 0 N–H and O–H groups in total. The predicted octanol–water partition coefficient (Wildman–Crippen LogP) is 5.11. The van der Waals surface area contributed by atoms with Crippen LogP contribution in [-0.2, 0) is 4.09 Å². The van der Waals surface area contributed by atoms with Gasteiger partial charge in [-0.2, -0.15) is 0 Å². The van der Waals surface area contributed by atoms with E-state index < -0.39 is 0 Å². The van der Waals surface area contributed by atoms with Gasteiger partial charge in [0.2, 0.25) is 0 Å². The predicted molar refractivity (Wildman–Crippen MR) is 88.1 cm³/mol. The topological polar surface area (TPSA) is 0 Å². The van der Waals surface area contributed by atoms with Gasteiger partial charge in [-0.1, -0.05) is 0 Å². The van der Waals surface area contributed by atoms with Gasteiger partial charge in [-0.3, -0.25) is 0 Å². The van der Waals surface area contributed by atoms with Crippen LogP contribution in [0.3, 0.4) is 0 Å². The molecule has 2 heteroatoms. The number of rotatable bonds is 6. The van der Waals surface area contributed by atoms with E-state index in [9.17, 15) is 0 Å². The van der Waals surface area contributed by atoms with Crippen LogP contribution in [0.5, 0.6) is 0 Å². The molecule has 0 spiro atoms. The number of allylic oxidation sites excluding steroid dienone is 1. The Morgan fingerprint density at radius 2 is 1.95 bits per heavy atom. The molecule has 2 rings (SSSR count). The third kappa shape index (κ3) is 3.91. The molecule has 1 aromatic rings. The van der Waals surface area contributed by atoms with E-state index in [1.54, 1.807) is 0 Å². The molecule has 0 aromatic heterocycles. The van der Waals surface area contributed by atoms with E-state index >= 15 is 0 Å². The first kappa shape index (κ1) is 16.9. The van der Waals surface area contributed by atoms with Crippen LogP contribution in [0.4, 0.5) is 0 Å². The van der Waals surface area contributed by atoms with Gasteiger partial charge in [-0.05, 0) is 0 Å². The third-order valence-corrected chi connectivity index (χ3v) is 4.46. The Bertz CT molecular complexity index is 427. The number of unbranched alkanes of at least 4 members (excludes halogenated alkanes) is 1. The minimum absolute atomic E-state index is 0. The summed E-state index contributed by atoms with van der Waals surface area (Å²) in [6.45, 7) is 4.63. The summed E-state index contributed by atoms with van der Waals surface area (Å²) in [7, 11) is 0. The van der Waals surface area contributed by atoms with Gasteiger partial charge in [0.15, 0.2) is 0 Å². The van der Waals surface area contributed by atoms with E-state index in [2.05, 4.69) is 68.0 Å². The zero-order valence-electron chi connectivity index (χ0n) is 12.5. The molecule has 0 nitrogen and oxygen atoms in total. The minimum atomic E-state index is 0. The van der Waals surface area contributed by atoms with Gasteiger partial charge >= 0.3 is 121 Å². The molecule has 1 aliphatic rings. The Hall–Kier alpha value is -0.153. The van der Waals surface area contributed by atoms with Gasteiger partial charge in [0.05, 0.1) is 0 Å². The van der Waals surface area contributed by atoms with Crippen LogP contribution in [0.25, 0.3) is 6.08 Å². The number of fused-ring (bicyclic) bond motifs is 1. The Labute approximate surface area is 133 Å². The zero-order chi connectivity index (χ0) is 13.0. The summed E-state index contributed by atoms with van der Waals surface area (Å²) in [6, 6.07) is 8.87. The average molecular weight is 271 g/mol. The maximum atomic E-state index is 2.42. The first-order chi connectivity index (χ1) is 8.69. The molecule has 1 aliphatic carbocycles. The molecule has 2 unspecified atom stereocenters. The maximum absolute atomic E-state index is 2.42. The van der Waals surface area contributed by atoms with Crippen LogP contribution in [-0.4, -0.2) is 17.7 Å². The number of halogens is 1. The molecule has 0 saturated carbocycles. The molecule has 0 saturated heterocycles. The molecular formula is C17H24ClLi. The first-order valence-electron chi connectivity index (χ1n) is 7.48.